The van der Waals surface area contributed by atoms with Crippen molar-refractivity contribution in [1.82, 2.24) is 9.97 Å². The second-order valence-electron chi connectivity index (χ2n) is 4.62. The predicted molar refractivity (Wildman–Crippen MR) is 81.0 cm³/mol. The summed E-state index contributed by atoms with van der Waals surface area (Å²) in [7, 11) is 0. The summed E-state index contributed by atoms with van der Waals surface area (Å²) in [6.45, 7) is 2.16. The van der Waals surface area contributed by atoms with Crippen LogP contribution in [0.5, 0.6) is 0 Å². The molecule has 0 bridgehead atoms. The molecule has 0 radical (unpaired) electrons. The fraction of sp³-hybridized carbons (Fsp3) is 0.357. The van der Waals surface area contributed by atoms with E-state index >= 15 is 0 Å². The first kappa shape index (κ1) is 13.7. The van der Waals surface area contributed by atoms with E-state index in [0.717, 1.165) is 27.9 Å². The topological polar surface area (TPSA) is 52.1 Å². The van der Waals surface area contributed by atoms with Crippen molar-refractivity contribution in [2.45, 2.75) is 25.7 Å². The normalized spacial score (nSPS) is 14.3. The van der Waals surface area contributed by atoms with E-state index in [1.807, 2.05) is 11.4 Å². The average molecular weight is 353 g/mol. The van der Waals surface area contributed by atoms with Crippen molar-refractivity contribution in [1.29, 1.82) is 0 Å². The van der Waals surface area contributed by atoms with Gasteiger partial charge in [0.05, 0.1) is 22.7 Å². The highest BCUT2D eigenvalue weighted by Crippen LogP contribution is 2.41. The number of rotatable bonds is 4. The molecule has 0 unspecified atom stereocenters. The molecule has 0 spiro atoms. The van der Waals surface area contributed by atoms with E-state index in [9.17, 15) is 4.79 Å². The summed E-state index contributed by atoms with van der Waals surface area (Å²) in [4.78, 5) is 21.9. The Morgan fingerprint density at radius 2 is 2.35 bits per heavy atom. The third kappa shape index (κ3) is 2.76. The van der Waals surface area contributed by atoms with E-state index in [1.54, 1.807) is 24.5 Å². The van der Waals surface area contributed by atoms with E-state index in [0.29, 0.717) is 23.9 Å². The number of ether oxygens (including phenoxy) is 1. The lowest BCUT2D eigenvalue weighted by molar-refractivity contribution is 0.0524. The minimum absolute atomic E-state index is 0.326. The third-order valence-corrected chi connectivity index (χ3v) is 4.75. The van der Waals surface area contributed by atoms with Crippen molar-refractivity contribution in [3.8, 4) is 10.7 Å². The maximum Gasteiger partial charge on any atom is 0.341 e. The summed E-state index contributed by atoms with van der Waals surface area (Å²) in [6, 6.07) is 1.99. The van der Waals surface area contributed by atoms with Crippen molar-refractivity contribution < 1.29 is 9.53 Å². The second-order valence-corrected chi connectivity index (χ2v) is 6.44. The first-order valence-corrected chi connectivity index (χ1v) is 8.14. The molecule has 20 heavy (non-hydrogen) atoms. The molecule has 2 aromatic rings. The summed E-state index contributed by atoms with van der Waals surface area (Å²) in [6.07, 6.45) is 3.76. The van der Waals surface area contributed by atoms with Crippen LogP contribution in [0, 0.1) is 0 Å². The van der Waals surface area contributed by atoms with Crippen LogP contribution in [0.25, 0.3) is 10.7 Å². The molecule has 1 fully saturated rings. The van der Waals surface area contributed by atoms with Crippen LogP contribution < -0.4 is 0 Å². The maximum absolute atomic E-state index is 11.9. The molecule has 104 valence electrons. The molecule has 2 aromatic heterocycles. The number of carbonyl (C=O) groups is 1. The number of thiophene rings is 1. The maximum atomic E-state index is 11.9. The van der Waals surface area contributed by atoms with Gasteiger partial charge in [-0.05, 0) is 41.8 Å². The van der Waals surface area contributed by atoms with E-state index in [-0.39, 0.29) is 5.97 Å². The molecule has 1 saturated carbocycles. The number of halogens is 1. The molecule has 1 aliphatic carbocycles. The first-order valence-electron chi connectivity index (χ1n) is 6.47. The molecule has 6 heteroatoms. The third-order valence-electron chi connectivity index (χ3n) is 3.07. The average Bonchev–Trinajstić information content (AvgIpc) is 3.20. The lowest BCUT2D eigenvalue weighted by Crippen LogP contribution is -2.10. The summed E-state index contributed by atoms with van der Waals surface area (Å²) in [5.41, 5.74) is 1.34. The smallest absolute Gasteiger partial charge is 0.341 e. The first-order chi connectivity index (χ1) is 9.69. The zero-order chi connectivity index (χ0) is 14.1. The van der Waals surface area contributed by atoms with Gasteiger partial charge in [-0.3, -0.25) is 0 Å². The molecule has 0 amide bonds. The van der Waals surface area contributed by atoms with Crippen LogP contribution >= 0.6 is 27.3 Å². The zero-order valence-corrected chi connectivity index (χ0v) is 13.3. The van der Waals surface area contributed by atoms with Crippen LogP contribution in [-0.2, 0) is 4.74 Å². The fourth-order valence-electron chi connectivity index (χ4n) is 1.98. The Labute approximate surface area is 129 Å². The number of aromatic nitrogens is 2. The van der Waals surface area contributed by atoms with E-state index in [2.05, 4.69) is 25.9 Å². The Balaban J connectivity index is 1.99. The molecule has 0 saturated heterocycles. The Kier molecular flexibility index (Phi) is 3.85. The van der Waals surface area contributed by atoms with Gasteiger partial charge in [0.2, 0.25) is 0 Å². The van der Waals surface area contributed by atoms with Crippen LogP contribution in [0.2, 0.25) is 0 Å². The Morgan fingerprint density at radius 3 is 2.95 bits per heavy atom. The standard InChI is InChI=1S/C14H13BrN2O2S/c1-2-19-14(18)10-6-16-13(11-5-9(15)7-20-11)17-12(10)8-3-4-8/h5-8H,2-4H2,1H3. The van der Waals surface area contributed by atoms with Gasteiger partial charge in [-0.25, -0.2) is 14.8 Å². The molecular weight excluding hydrogens is 340 g/mol. The summed E-state index contributed by atoms with van der Waals surface area (Å²) in [5, 5.41) is 1.99. The molecule has 0 atom stereocenters. The number of nitrogens with zero attached hydrogens (tertiary/aromatic N) is 2. The van der Waals surface area contributed by atoms with Gasteiger partial charge in [0.25, 0.3) is 0 Å². The lowest BCUT2D eigenvalue weighted by Gasteiger charge is -2.08. The van der Waals surface area contributed by atoms with Gasteiger partial charge in [0.15, 0.2) is 5.82 Å². The molecular formula is C14H13BrN2O2S. The number of hydrogen-bond donors (Lipinski definition) is 0. The minimum atomic E-state index is -0.326. The van der Waals surface area contributed by atoms with E-state index in [4.69, 9.17) is 4.74 Å². The van der Waals surface area contributed by atoms with Crippen molar-refractivity contribution in [2.75, 3.05) is 6.61 Å². The zero-order valence-electron chi connectivity index (χ0n) is 10.9. The second kappa shape index (κ2) is 5.61. The number of esters is 1. The van der Waals surface area contributed by atoms with Gasteiger partial charge < -0.3 is 4.74 Å². The van der Waals surface area contributed by atoms with Crippen LogP contribution in [0.3, 0.4) is 0 Å². The monoisotopic (exact) mass is 352 g/mol. The lowest BCUT2D eigenvalue weighted by atomic mass is 10.1. The van der Waals surface area contributed by atoms with E-state index < -0.39 is 0 Å². The van der Waals surface area contributed by atoms with Crippen molar-refractivity contribution in [3.63, 3.8) is 0 Å². The van der Waals surface area contributed by atoms with Gasteiger partial charge in [-0.1, -0.05) is 0 Å². The summed E-state index contributed by atoms with van der Waals surface area (Å²) >= 11 is 5.01. The Bertz CT molecular complexity index is 652. The quantitative estimate of drug-likeness (QED) is 0.779. The van der Waals surface area contributed by atoms with Crippen LogP contribution in [0.4, 0.5) is 0 Å². The molecule has 0 N–H and O–H groups in total. The molecule has 0 aromatic carbocycles. The molecule has 2 heterocycles. The summed E-state index contributed by atoms with van der Waals surface area (Å²) in [5.74, 6) is 0.725. The van der Waals surface area contributed by atoms with Gasteiger partial charge >= 0.3 is 5.97 Å². The largest absolute Gasteiger partial charge is 0.462 e. The number of carbonyl (C=O) groups excluding carboxylic acids is 1. The highest BCUT2D eigenvalue weighted by Gasteiger charge is 2.31. The highest BCUT2D eigenvalue weighted by atomic mass is 79.9. The van der Waals surface area contributed by atoms with Crippen LogP contribution in [-0.4, -0.2) is 22.5 Å². The number of hydrogen-bond acceptors (Lipinski definition) is 5. The predicted octanol–water partition coefficient (Wildman–Crippen LogP) is 4.02. The van der Waals surface area contributed by atoms with Crippen molar-refractivity contribution in [2.24, 2.45) is 0 Å². The van der Waals surface area contributed by atoms with Gasteiger partial charge in [0.1, 0.15) is 0 Å². The van der Waals surface area contributed by atoms with Gasteiger partial charge in [0, 0.05) is 22.0 Å². The SMILES string of the molecule is CCOC(=O)c1cnc(-c2cc(Br)cs2)nc1C1CC1. The summed E-state index contributed by atoms with van der Waals surface area (Å²) < 4.78 is 6.09. The minimum Gasteiger partial charge on any atom is -0.462 e. The van der Waals surface area contributed by atoms with E-state index in [1.165, 1.54) is 0 Å². The van der Waals surface area contributed by atoms with Crippen molar-refractivity contribution in [3.05, 3.63) is 33.4 Å². The Morgan fingerprint density at radius 1 is 1.55 bits per heavy atom. The Hall–Kier alpha value is -1.27. The molecule has 4 nitrogen and oxygen atoms in total. The molecule has 3 rings (SSSR count). The molecule has 1 aliphatic rings. The molecule has 0 aliphatic heterocycles. The fourth-order valence-corrected chi connectivity index (χ4v) is 3.35. The van der Waals surface area contributed by atoms with Gasteiger partial charge in [-0.2, -0.15) is 0 Å². The van der Waals surface area contributed by atoms with Crippen molar-refractivity contribution >= 4 is 33.2 Å². The van der Waals surface area contributed by atoms with Crippen LogP contribution in [0.15, 0.2) is 22.1 Å². The van der Waals surface area contributed by atoms with Gasteiger partial charge in [-0.15, -0.1) is 11.3 Å². The highest BCUT2D eigenvalue weighted by molar-refractivity contribution is 9.10. The van der Waals surface area contributed by atoms with Crippen LogP contribution in [0.1, 0.15) is 41.7 Å².